The molecule has 0 bridgehead atoms. The van der Waals surface area contributed by atoms with Gasteiger partial charge >= 0.3 is 0 Å². The van der Waals surface area contributed by atoms with E-state index in [2.05, 4.69) is 31.0 Å². The lowest BCUT2D eigenvalue weighted by atomic mass is 10.4. The summed E-state index contributed by atoms with van der Waals surface area (Å²) in [7, 11) is -1.98. The Morgan fingerprint density at radius 3 is 2.84 bits per heavy atom. The molecule has 0 aliphatic carbocycles. The van der Waals surface area contributed by atoms with Crippen molar-refractivity contribution in [3.8, 4) is 0 Å². The van der Waals surface area contributed by atoms with E-state index >= 15 is 0 Å². The maximum absolute atomic E-state index is 12.1. The number of pyridine rings is 1. The standard InChI is InChI=1S/C11H12BrN3O3S/c1-13-6-8-2-3-11(18-8)19(16,17)15-10-4-5-14-7-9(10)12/h2-5,7,13H,6H2,1H3,(H,14,15). The SMILES string of the molecule is CNCc1ccc(S(=O)(=O)Nc2ccncc2Br)o1. The van der Waals surface area contributed by atoms with Gasteiger partial charge in [0.1, 0.15) is 5.76 Å². The van der Waals surface area contributed by atoms with Crippen LogP contribution in [0.1, 0.15) is 5.76 Å². The van der Waals surface area contributed by atoms with Crippen LogP contribution in [-0.2, 0) is 16.6 Å². The molecule has 0 saturated carbocycles. The summed E-state index contributed by atoms with van der Waals surface area (Å²) in [6.07, 6.45) is 3.00. The van der Waals surface area contributed by atoms with Crippen LogP contribution in [0.2, 0.25) is 0 Å². The molecule has 0 aliphatic heterocycles. The van der Waals surface area contributed by atoms with Crippen molar-refractivity contribution in [3.63, 3.8) is 0 Å². The Balaban J connectivity index is 2.25. The van der Waals surface area contributed by atoms with Gasteiger partial charge in [0.15, 0.2) is 0 Å². The fourth-order valence-corrected chi connectivity index (χ4v) is 2.94. The van der Waals surface area contributed by atoms with Crippen LogP contribution in [0.15, 0.2) is 44.6 Å². The number of furan rings is 1. The first kappa shape index (κ1) is 14.0. The van der Waals surface area contributed by atoms with Crippen molar-refractivity contribution in [1.29, 1.82) is 0 Å². The molecule has 0 atom stereocenters. The largest absolute Gasteiger partial charge is 0.446 e. The summed E-state index contributed by atoms with van der Waals surface area (Å²) < 4.78 is 32.5. The predicted molar refractivity (Wildman–Crippen MR) is 74.2 cm³/mol. The van der Waals surface area contributed by atoms with Crippen molar-refractivity contribution in [2.45, 2.75) is 11.6 Å². The first-order valence-electron chi connectivity index (χ1n) is 5.38. The number of hydrogen-bond donors (Lipinski definition) is 2. The van der Waals surface area contributed by atoms with E-state index in [4.69, 9.17) is 4.42 Å². The maximum Gasteiger partial charge on any atom is 0.295 e. The van der Waals surface area contributed by atoms with E-state index in [1.54, 1.807) is 19.2 Å². The Kier molecular flexibility index (Phi) is 4.23. The molecule has 19 heavy (non-hydrogen) atoms. The number of aromatic nitrogens is 1. The van der Waals surface area contributed by atoms with Crippen molar-refractivity contribution in [2.75, 3.05) is 11.8 Å². The number of rotatable bonds is 5. The summed E-state index contributed by atoms with van der Waals surface area (Å²) in [5.74, 6) is 0.552. The van der Waals surface area contributed by atoms with E-state index in [-0.39, 0.29) is 5.09 Å². The van der Waals surface area contributed by atoms with Gasteiger partial charge < -0.3 is 9.73 Å². The zero-order valence-corrected chi connectivity index (χ0v) is 12.5. The Bertz CT molecular complexity index is 669. The minimum atomic E-state index is -3.74. The molecule has 2 heterocycles. The minimum Gasteiger partial charge on any atom is -0.446 e. The highest BCUT2D eigenvalue weighted by molar-refractivity contribution is 9.10. The highest BCUT2D eigenvalue weighted by Crippen LogP contribution is 2.24. The van der Waals surface area contributed by atoms with Crippen LogP contribution in [0.3, 0.4) is 0 Å². The Morgan fingerprint density at radius 2 is 2.16 bits per heavy atom. The predicted octanol–water partition coefficient (Wildman–Crippen LogP) is 1.96. The molecule has 8 heteroatoms. The third kappa shape index (κ3) is 3.34. The lowest BCUT2D eigenvalue weighted by Crippen LogP contribution is -2.12. The average Bonchev–Trinajstić information content (AvgIpc) is 2.82. The van der Waals surface area contributed by atoms with Crippen LogP contribution < -0.4 is 10.0 Å². The molecule has 2 aromatic rings. The summed E-state index contributed by atoms with van der Waals surface area (Å²) in [6.45, 7) is 0.467. The fourth-order valence-electron chi connectivity index (χ4n) is 1.42. The molecule has 0 saturated heterocycles. The van der Waals surface area contributed by atoms with Crippen LogP contribution in [0.5, 0.6) is 0 Å². The first-order chi connectivity index (χ1) is 9.03. The van der Waals surface area contributed by atoms with Crippen LogP contribution in [0, 0.1) is 0 Å². The van der Waals surface area contributed by atoms with Gasteiger partial charge in [-0.1, -0.05) is 0 Å². The zero-order chi connectivity index (χ0) is 13.9. The summed E-state index contributed by atoms with van der Waals surface area (Å²) in [4.78, 5) is 3.86. The lowest BCUT2D eigenvalue weighted by molar-refractivity contribution is 0.408. The molecule has 102 valence electrons. The molecule has 2 aromatic heterocycles. The number of sulfonamides is 1. The van der Waals surface area contributed by atoms with E-state index in [1.165, 1.54) is 18.5 Å². The summed E-state index contributed by atoms with van der Waals surface area (Å²) >= 11 is 3.22. The molecule has 0 aliphatic rings. The number of nitrogens with one attached hydrogen (secondary N) is 2. The van der Waals surface area contributed by atoms with Crippen LogP contribution >= 0.6 is 15.9 Å². The average molecular weight is 346 g/mol. The molecule has 0 aromatic carbocycles. The van der Waals surface area contributed by atoms with E-state index in [0.717, 1.165) is 0 Å². The molecule has 0 fully saturated rings. The van der Waals surface area contributed by atoms with Gasteiger partial charge in [0.2, 0.25) is 5.09 Å². The second-order valence-electron chi connectivity index (χ2n) is 3.71. The highest BCUT2D eigenvalue weighted by Gasteiger charge is 2.19. The molecule has 0 spiro atoms. The van der Waals surface area contributed by atoms with E-state index in [1.807, 2.05) is 0 Å². The molecule has 2 N–H and O–H groups in total. The Hall–Kier alpha value is -1.38. The molecule has 6 nitrogen and oxygen atoms in total. The molecule has 0 unspecified atom stereocenters. The van der Waals surface area contributed by atoms with Crippen molar-refractivity contribution in [1.82, 2.24) is 10.3 Å². The third-order valence-electron chi connectivity index (χ3n) is 2.27. The Labute approximate surface area is 119 Å². The fraction of sp³-hybridized carbons (Fsp3) is 0.182. The van der Waals surface area contributed by atoms with Gasteiger partial charge in [-0.15, -0.1) is 0 Å². The summed E-state index contributed by atoms with van der Waals surface area (Å²) in [5, 5.41) is 2.76. The van der Waals surface area contributed by atoms with Crippen LogP contribution in [0.4, 0.5) is 5.69 Å². The van der Waals surface area contributed by atoms with Gasteiger partial charge in [-0.25, -0.2) is 0 Å². The van der Waals surface area contributed by atoms with Gasteiger partial charge in [-0.3, -0.25) is 9.71 Å². The zero-order valence-electron chi connectivity index (χ0n) is 10.1. The van der Waals surface area contributed by atoms with Gasteiger partial charge in [0, 0.05) is 12.4 Å². The number of anilines is 1. The molecular weight excluding hydrogens is 334 g/mol. The van der Waals surface area contributed by atoms with Crippen molar-refractivity contribution in [3.05, 3.63) is 40.8 Å². The van der Waals surface area contributed by atoms with E-state index in [9.17, 15) is 8.42 Å². The summed E-state index contributed by atoms with van der Waals surface area (Å²) in [6, 6.07) is 4.59. The molecule has 0 radical (unpaired) electrons. The van der Waals surface area contributed by atoms with Crippen molar-refractivity contribution in [2.24, 2.45) is 0 Å². The van der Waals surface area contributed by atoms with Gasteiger partial charge in [0.25, 0.3) is 10.0 Å². The highest BCUT2D eigenvalue weighted by atomic mass is 79.9. The Morgan fingerprint density at radius 1 is 1.37 bits per heavy atom. The van der Waals surface area contributed by atoms with Gasteiger partial charge in [0.05, 0.1) is 16.7 Å². The van der Waals surface area contributed by atoms with Crippen molar-refractivity contribution < 1.29 is 12.8 Å². The summed E-state index contributed by atoms with van der Waals surface area (Å²) in [5.41, 5.74) is 0.404. The number of hydrogen-bond acceptors (Lipinski definition) is 5. The second-order valence-corrected chi connectivity index (χ2v) is 6.18. The monoisotopic (exact) mass is 345 g/mol. The van der Waals surface area contributed by atoms with E-state index in [0.29, 0.717) is 22.5 Å². The lowest BCUT2D eigenvalue weighted by Gasteiger charge is -2.06. The quantitative estimate of drug-likeness (QED) is 0.865. The van der Waals surface area contributed by atoms with E-state index < -0.39 is 10.0 Å². The number of nitrogens with zero attached hydrogens (tertiary/aromatic N) is 1. The first-order valence-corrected chi connectivity index (χ1v) is 7.66. The number of halogens is 1. The second kappa shape index (κ2) is 5.72. The van der Waals surface area contributed by atoms with Gasteiger partial charge in [-0.2, -0.15) is 8.42 Å². The smallest absolute Gasteiger partial charge is 0.295 e. The van der Waals surface area contributed by atoms with Crippen molar-refractivity contribution >= 4 is 31.6 Å². The maximum atomic E-state index is 12.1. The topological polar surface area (TPSA) is 84.2 Å². The molecule has 2 rings (SSSR count). The van der Waals surface area contributed by atoms with Gasteiger partial charge in [-0.05, 0) is 41.2 Å². The normalized spacial score (nSPS) is 11.5. The molecule has 0 amide bonds. The third-order valence-corrected chi connectivity index (χ3v) is 4.14. The molecular formula is C11H12BrN3O3S. The minimum absolute atomic E-state index is 0.124. The van der Waals surface area contributed by atoms with Crippen LogP contribution in [0.25, 0.3) is 0 Å². The van der Waals surface area contributed by atoms with Crippen LogP contribution in [-0.4, -0.2) is 20.4 Å².